The fourth-order valence-corrected chi connectivity index (χ4v) is 2.66. The summed E-state index contributed by atoms with van der Waals surface area (Å²) in [5.74, 6) is 0. The van der Waals surface area contributed by atoms with E-state index in [0.29, 0.717) is 6.04 Å². The van der Waals surface area contributed by atoms with Crippen LogP contribution in [0.4, 0.5) is 5.69 Å². The second-order valence-corrected chi connectivity index (χ2v) is 5.35. The molecule has 1 unspecified atom stereocenters. The molecule has 1 saturated carbocycles. The van der Waals surface area contributed by atoms with Crippen molar-refractivity contribution in [2.75, 3.05) is 18.5 Å². The minimum absolute atomic E-state index is 0.646. The van der Waals surface area contributed by atoms with Crippen LogP contribution in [0, 0.1) is 6.92 Å². The normalized spacial score (nSPS) is 24.4. The van der Waals surface area contributed by atoms with E-state index in [2.05, 4.69) is 42.4 Å². The molecule has 1 aromatic carbocycles. The predicted molar refractivity (Wildman–Crippen MR) is 68.1 cm³/mol. The Morgan fingerprint density at radius 2 is 2.06 bits per heavy atom. The van der Waals surface area contributed by atoms with E-state index < -0.39 is 0 Å². The van der Waals surface area contributed by atoms with Gasteiger partial charge in [-0.25, -0.2) is 0 Å². The molecule has 2 aliphatic rings. The van der Waals surface area contributed by atoms with Gasteiger partial charge in [-0.3, -0.25) is 0 Å². The number of nitrogens with one attached hydrogen (secondary N) is 1. The van der Waals surface area contributed by atoms with Crippen molar-refractivity contribution in [1.82, 2.24) is 5.32 Å². The molecule has 1 atom stereocenters. The van der Waals surface area contributed by atoms with Crippen LogP contribution in [-0.2, 0) is 6.42 Å². The molecule has 1 aliphatic carbocycles. The van der Waals surface area contributed by atoms with Crippen molar-refractivity contribution < 1.29 is 0 Å². The lowest BCUT2D eigenvalue weighted by atomic mass is 9.97. The van der Waals surface area contributed by atoms with Gasteiger partial charge in [-0.15, -0.1) is 0 Å². The molecule has 1 fully saturated rings. The molecule has 1 N–H and O–H groups in total. The third-order valence-electron chi connectivity index (χ3n) is 3.66. The van der Waals surface area contributed by atoms with E-state index in [9.17, 15) is 0 Å². The molecule has 2 nitrogen and oxygen atoms in total. The summed E-state index contributed by atoms with van der Waals surface area (Å²) in [6.45, 7) is 3.32. The molecule has 0 bridgehead atoms. The lowest BCUT2D eigenvalue weighted by molar-refractivity contribution is 0.490. The smallest absolute Gasteiger partial charge is 0.0399 e. The molecular weight excluding hydrogens is 196 g/mol. The summed E-state index contributed by atoms with van der Waals surface area (Å²) in [5.41, 5.74) is 4.28. The summed E-state index contributed by atoms with van der Waals surface area (Å²) in [6, 6.07) is 8.29. The molecule has 0 aromatic heterocycles. The predicted octanol–water partition coefficient (Wildman–Crippen LogP) is 2.11. The molecule has 1 heterocycles. The summed E-state index contributed by atoms with van der Waals surface area (Å²) in [4.78, 5) is 2.39. The first-order valence-electron chi connectivity index (χ1n) is 6.29. The number of rotatable bonds is 2. The van der Waals surface area contributed by atoms with Crippen LogP contribution in [0.2, 0.25) is 0 Å². The maximum absolute atomic E-state index is 3.74. The van der Waals surface area contributed by atoms with Crippen molar-refractivity contribution in [3.05, 3.63) is 29.3 Å². The number of hydrogen-bond donors (Lipinski definition) is 1. The lowest BCUT2D eigenvalue weighted by Gasteiger charge is -2.34. The Kier molecular flexibility index (Phi) is 2.40. The van der Waals surface area contributed by atoms with Gasteiger partial charge in [-0.05, 0) is 43.4 Å². The molecule has 0 radical (unpaired) electrons. The van der Waals surface area contributed by atoms with E-state index in [0.717, 1.165) is 12.6 Å². The van der Waals surface area contributed by atoms with Gasteiger partial charge in [0.2, 0.25) is 0 Å². The first-order chi connectivity index (χ1) is 7.72. The highest BCUT2D eigenvalue weighted by Crippen LogP contribution is 2.28. The standard InChI is InChI=1S/C14H20N2/c1-10-3-4-11-8-13(15-12-5-6-12)9-16(2)14(11)7-10/h3-4,7,12-13,15H,5-6,8-9H2,1-2H3. The van der Waals surface area contributed by atoms with Crippen LogP contribution in [0.3, 0.4) is 0 Å². The summed E-state index contributed by atoms with van der Waals surface area (Å²) in [6.07, 6.45) is 3.94. The van der Waals surface area contributed by atoms with Crippen LogP contribution in [0.5, 0.6) is 0 Å². The number of fused-ring (bicyclic) bond motifs is 1. The second-order valence-electron chi connectivity index (χ2n) is 5.35. The largest absolute Gasteiger partial charge is 0.373 e. The van der Waals surface area contributed by atoms with Gasteiger partial charge in [-0.2, -0.15) is 0 Å². The molecule has 0 spiro atoms. The molecule has 3 rings (SSSR count). The van der Waals surface area contributed by atoms with Crippen molar-refractivity contribution in [1.29, 1.82) is 0 Å². The van der Waals surface area contributed by atoms with E-state index in [4.69, 9.17) is 0 Å². The number of benzene rings is 1. The van der Waals surface area contributed by atoms with Gasteiger partial charge in [0.15, 0.2) is 0 Å². The number of nitrogens with zero attached hydrogens (tertiary/aromatic N) is 1. The molecular formula is C14H20N2. The van der Waals surface area contributed by atoms with E-state index in [1.807, 2.05) is 0 Å². The quantitative estimate of drug-likeness (QED) is 0.814. The molecule has 1 aliphatic heterocycles. The number of anilines is 1. The Balaban J connectivity index is 1.81. The third-order valence-corrected chi connectivity index (χ3v) is 3.66. The lowest BCUT2D eigenvalue weighted by Crippen LogP contribution is -2.45. The monoisotopic (exact) mass is 216 g/mol. The molecule has 2 heteroatoms. The highest BCUT2D eigenvalue weighted by atomic mass is 15.2. The van der Waals surface area contributed by atoms with Crippen LogP contribution >= 0.6 is 0 Å². The van der Waals surface area contributed by atoms with Crippen molar-refractivity contribution in [2.45, 2.75) is 38.3 Å². The van der Waals surface area contributed by atoms with Crippen molar-refractivity contribution in [3.8, 4) is 0 Å². The fourth-order valence-electron chi connectivity index (χ4n) is 2.66. The summed E-state index contributed by atoms with van der Waals surface area (Å²) in [7, 11) is 2.21. The zero-order chi connectivity index (χ0) is 11.1. The molecule has 0 saturated heterocycles. The average molecular weight is 216 g/mol. The minimum Gasteiger partial charge on any atom is -0.373 e. The molecule has 86 valence electrons. The van der Waals surface area contributed by atoms with Crippen LogP contribution in [0.15, 0.2) is 18.2 Å². The van der Waals surface area contributed by atoms with Crippen molar-refractivity contribution in [2.24, 2.45) is 0 Å². The van der Waals surface area contributed by atoms with Gasteiger partial charge in [0.25, 0.3) is 0 Å². The Morgan fingerprint density at radius 1 is 1.25 bits per heavy atom. The van der Waals surface area contributed by atoms with Crippen molar-refractivity contribution in [3.63, 3.8) is 0 Å². The van der Waals surface area contributed by atoms with Gasteiger partial charge in [0.05, 0.1) is 0 Å². The van der Waals surface area contributed by atoms with Gasteiger partial charge < -0.3 is 10.2 Å². The van der Waals surface area contributed by atoms with Gasteiger partial charge in [0, 0.05) is 31.4 Å². The third kappa shape index (κ3) is 1.94. The van der Waals surface area contributed by atoms with Gasteiger partial charge in [0.1, 0.15) is 0 Å². The fraction of sp³-hybridized carbons (Fsp3) is 0.571. The Labute approximate surface area is 97.6 Å². The topological polar surface area (TPSA) is 15.3 Å². The Bertz CT molecular complexity index is 396. The van der Waals surface area contributed by atoms with Crippen LogP contribution in [-0.4, -0.2) is 25.7 Å². The summed E-state index contributed by atoms with van der Waals surface area (Å²) < 4.78 is 0. The van der Waals surface area contributed by atoms with E-state index >= 15 is 0 Å². The van der Waals surface area contributed by atoms with E-state index in [1.54, 1.807) is 0 Å². The maximum atomic E-state index is 3.74. The number of aryl methyl sites for hydroxylation is 1. The van der Waals surface area contributed by atoms with Gasteiger partial charge in [-0.1, -0.05) is 12.1 Å². The van der Waals surface area contributed by atoms with Crippen LogP contribution in [0.1, 0.15) is 24.0 Å². The SMILES string of the molecule is Cc1ccc2c(c1)N(C)CC(NC1CC1)C2. The van der Waals surface area contributed by atoms with Crippen molar-refractivity contribution >= 4 is 5.69 Å². The summed E-state index contributed by atoms with van der Waals surface area (Å²) in [5, 5.41) is 3.74. The van der Waals surface area contributed by atoms with E-state index in [1.165, 1.54) is 36.1 Å². The minimum atomic E-state index is 0.646. The highest BCUT2D eigenvalue weighted by molar-refractivity contribution is 5.57. The summed E-state index contributed by atoms with van der Waals surface area (Å²) >= 11 is 0. The molecule has 0 amide bonds. The number of likely N-dealkylation sites (N-methyl/N-ethyl adjacent to an activating group) is 1. The van der Waals surface area contributed by atoms with Gasteiger partial charge >= 0.3 is 0 Å². The first-order valence-corrected chi connectivity index (χ1v) is 6.29. The first kappa shape index (κ1) is 10.2. The van der Waals surface area contributed by atoms with Crippen LogP contribution < -0.4 is 10.2 Å². The highest BCUT2D eigenvalue weighted by Gasteiger charge is 2.28. The Hall–Kier alpha value is -1.02. The van der Waals surface area contributed by atoms with E-state index in [-0.39, 0.29) is 0 Å². The maximum Gasteiger partial charge on any atom is 0.0399 e. The second kappa shape index (κ2) is 3.77. The zero-order valence-electron chi connectivity index (χ0n) is 10.2. The Morgan fingerprint density at radius 3 is 2.81 bits per heavy atom. The zero-order valence-corrected chi connectivity index (χ0v) is 10.2. The average Bonchev–Trinajstić information content (AvgIpc) is 3.03. The molecule has 16 heavy (non-hydrogen) atoms. The molecule has 1 aromatic rings. The number of hydrogen-bond acceptors (Lipinski definition) is 2. The van der Waals surface area contributed by atoms with Crippen LogP contribution in [0.25, 0.3) is 0 Å².